The highest BCUT2D eigenvalue weighted by atomic mass is 16.6. The van der Waals surface area contributed by atoms with Gasteiger partial charge in [0.1, 0.15) is 5.69 Å². The molecule has 0 radical (unpaired) electrons. The molecule has 0 saturated carbocycles. The van der Waals surface area contributed by atoms with Crippen LogP contribution in [0.4, 0.5) is 11.4 Å². The smallest absolute Gasteiger partial charge is 0.292 e. The van der Waals surface area contributed by atoms with Crippen molar-refractivity contribution in [3.05, 3.63) is 63.5 Å². The highest BCUT2D eigenvalue weighted by Crippen LogP contribution is 2.28. The number of pyridine rings is 1. The van der Waals surface area contributed by atoms with E-state index in [2.05, 4.69) is 4.98 Å². The molecule has 7 nitrogen and oxygen atoms in total. The molecule has 0 N–H and O–H groups in total. The fourth-order valence-corrected chi connectivity index (χ4v) is 3.12. The summed E-state index contributed by atoms with van der Waals surface area (Å²) in [6.07, 6.45) is 0. The highest BCUT2D eigenvalue weighted by Gasteiger charge is 2.26. The Morgan fingerprint density at radius 1 is 1.08 bits per heavy atom. The van der Waals surface area contributed by atoms with Gasteiger partial charge < -0.3 is 9.80 Å². The standard InChI is InChI=1S/C18H20N4O3/c1-13-7-8-15(14(2)19-13)18(23)21-11-9-20(10-12-21)16-5-3-4-6-17(16)22(24)25/h3-8H,9-12H2,1-2H3. The monoisotopic (exact) mass is 340 g/mol. The number of piperazine rings is 1. The first-order chi connectivity index (χ1) is 12.0. The zero-order chi connectivity index (χ0) is 18.0. The van der Waals surface area contributed by atoms with Gasteiger partial charge in [0.25, 0.3) is 11.6 Å². The SMILES string of the molecule is Cc1ccc(C(=O)N2CCN(c3ccccc3[N+](=O)[O-])CC2)c(C)n1. The molecule has 3 rings (SSSR count). The normalized spacial score (nSPS) is 14.5. The summed E-state index contributed by atoms with van der Waals surface area (Å²) in [5, 5.41) is 11.2. The predicted molar refractivity (Wildman–Crippen MR) is 94.9 cm³/mol. The topological polar surface area (TPSA) is 79.6 Å². The molecule has 2 aromatic rings. The number of carbonyl (C=O) groups is 1. The Balaban J connectivity index is 1.72. The van der Waals surface area contributed by atoms with Gasteiger partial charge >= 0.3 is 0 Å². The molecule has 1 aromatic carbocycles. The predicted octanol–water partition coefficient (Wildman–Crippen LogP) is 2.57. The van der Waals surface area contributed by atoms with E-state index in [1.807, 2.05) is 30.9 Å². The molecule has 130 valence electrons. The number of nitro groups is 1. The molecule has 1 saturated heterocycles. The molecule has 0 atom stereocenters. The van der Waals surface area contributed by atoms with Gasteiger partial charge in [-0.3, -0.25) is 19.9 Å². The molecular weight excluding hydrogens is 320 g/mol. The lowest BCUT2D eigenvalue weighted by molar-refractivity contribution is -0.384. The molecular formula is C18H20N4O3. The van der Waals surface area contributed by atoms with Crippen LogP contribution in [0, 0.1) is 24.0 Å². The third-order valence-electron chi connectivity index (χ3n) is 4.44. The maximum absolute atomic E-state index is 12.7. The van der Waals surface area contributed by atoms with Gasteiger partial charge in [-0.1, -0.05) is 12.1 Å². The van der Waals surface area contributed by atoms with Gasteiger partial charge in [0.05, 0.1) is 16.2 Å². The van der Waals surface area contributed by atoms with Crippen molar-refractivity contribution in [2.45, 2.75) is 13.8 Å². The summed E-state index contributed by atoms with van der Waals surface area (Å²) in [7, 11) is 0. The molecule has 0 bridgehead atoms. The molecule has 1 amide bonds. The van der Waals surface area contributed by atoms with Crippen molar-refractivity contribution >= 4 is 17.3 Å². The van der Waals surface area contributed by atoms with Crippen molar-refractivity contribution in [2.75, 3.05) is 31.1 Å². The maximum Gasteiger partial charge on any atom is 0.292 e. The number of benzene rings is 1. The lowest BCUT2D eigenvalue weighted by Crippen LogP contribution is -2.49. The minimum atomic E-state index is -0.367. The lowest BCUT2D eigenvalue weighted by atomic mass is 10.1. The molecule has 25 heavy (non-hydrogen) atoms. The molecule has 2 heterocycles. The Labute approximate surface area is 146 Å². The number of hydrogen-bond acceptors (Lipinski definition) is 5. The number of aromatic nitrogens is 1. The van der Waals surface area contributed by atoms with Gasteiger partial charge in [0.15, 0.2) is 0 Å². The van der Waals surface area contributed by atoms with Gasteiger partial charge in [-0.15, -0.1) is 0 Å². The van der Waals surface area contributed by atoms with Crippen LogP contribution >= 0.6 is 0 Å². The van der Waals surface area contributed by atoms with Crippen LogP contribution in [0.2, 0.25) is 0 Å². The second-order valence-electron chi connectivity index (χ2n) is 6.11. The second kappa shape index (κ2) is 6.88. The summed E-state index contributed by atoms with van der Waals surface area (Å²) < 4.78 is 0. The molecule has 1 fully saturated rings. The zero-order valence-corrected chi connectivity index (χ0v) is 14.3. The van der Waals surface area contributed by atoms with Crippen LogP contribution in [0.25, 0.3) is 0 Å². The van der Waals surface area contributed by atoms with Crippen molar-refractivity contribution in [3.63, 3.8) is 0 Å². The van der Waals surface area contributed by atoms with Crippen LogP contribution < -0.4 is 4.90 Å². The Hall–Kier alpha value is -2.96. The van der Waals surface area contributed by atoms with E-state index in [1.54, 1.807) is 23.1 Å². The van der Waals surface area contributed by atoms with Gasteiger partial charge in [0, 0.05) is 37.9 Å². The first-order valence-corrected chi connectivity index (χ1v) is 8.19. The van der Waals surface area contributed by atoms with Gasteiger partial charge in [-0.05, 0) is 32.0 Å². The van der Waals surface area contributed by atoms with Crippen LogP contribution in [0.15, 0.2) is 36.4 Å². The molecule has 7 heteroatoms. The fraction of sp³-hybridized carbons (Fsp3) is 0.333. The van der Waals surface area contributed by atoms with Crippen LogP contribution in [0.1, 0.15) is 21.7 Å². The number of amides is 1. The molecule has 1 aliphatic heterocycles. The van der Waals surface area contributed by atoms with E-state index in [9.17, 15) is 14.9 Å². The Kier molecular flexibility index (Phi) is 4.65. The largest absolute Gasteiger partial charge is 0.362 e. The Bertz CT molecular complexity index is 814. The third kappa shape index (κ3) is 3.45. The van der Waals surface area contributed by atoms with Crippen LogP contribution in [-0.4, -0.2) is 46.9 Å². The number of aryl methyl sites for hydroxylation is 2. The average Bonchev–Trinajstić information content (AvgIpc) is 2.61. The molecule has 1 aliphatic rings. The second-order valence-corrected chi connectivity index (χ2v) is 6.11. The van der Waals surface area contributed by atoms with Crippen LogP contribution in [0.5, 0.6) is 0 Å². The summed E-state index contributed by atoms with van der Waals surface area (Å²) in [6, 6.07) is 10.4. The molecule has 0 spiro atoms. The van der Waals surface area contributed by atoms with E-state index in [0.29, 0.717) is 37.4 Å². The number of nitrogens with zero attached hydrogens (tertiary/aromatic N) is 4. The average molecular weight is 340 g/mol. The van der Waals surface area contributed by atoms with E-state index < -0.39 is 0 Å². The van der Waals surface area contributed by atoms with Crippen molar-refractivity contribution in [1.82, 2.24) is 9.88 Å². The van der Waals surface area contributed by atoms with Crippen LogP contribution in [0.3, 0.4) is 0 Å². The zero-order valence-electron chi connectivity index (χ0n) is 14.3. The third-order valence-corrected chi connectivity index (χ3v) is 4.44. The van der Waals surface area contributed by atoms with Gasteiger partial charge in [0.2, 0.25) is 0 Å². The number of nitro benzene ring substituents is 1. The van der Waals surface area contributed by atoms with Crippen molar-refractivity contribution in [2.24, 2.45) is 0 Å². The number of rotatable bonds is 3. The van der Waals surface area contributed by atoms with Crippen molar-refractivity contribution in [1.29, 1.82) is 0 Å². The lowest BCUT2D eigenvalue weighted by Gasteiger charge is -2.36. The van der Waals surface area contributed by atoms with Gasteiger partial charge in [-0.2, -0.15) is 0 Å². The summed E-state index contributed by atoms with van der Waals surface area (Å²) in [5.41, 5.74) is 2.93. The molecule has 1 aromatic heterocycles. The minimum Gasteiger partial charge on any atom is -0.362 e. The summed E-state index contributed by atoms with van der Waals surface area (Å²) in [5.74, 6) is -0.0350. The minimum absolute atomic E-state index is 0.0350. The van der Waals surface area contributed by atoms with E-state index in [4.69, 9.17) is 0 Å². The summed E-state index contributed by atoms with van der Waals surface area (Å²) >= 11 is 0. The fourth-order valence-electron chi connectivity index (χ4n) is 3.12. The molecule has 0 aliphatic carbocycles. The Morgan fingerprint density at radius 2 is 1.76 bits per heavy atom. The first kappa shape index (κ1) is 16.9. The molecule has 0 unspecified atom stereocenters. The number of anilines is 1. The van der Waals surface area contributed by atoms with E-state index in [-0.39, 0.29) is 16.5 Å². The van der Waals surface area contributed by atoms with E-state index in [0.717, 1.165) is 11.4 Å². The van der Waals surface area contributed by atoms with E-state index in [1.165, 1.54) is 6.07 Å². The first-order valence-electron chi connectivity index (χ1n) is 8.19. The Morgan fingerprint density at radius 3 is 2.40 bits per heavy atom. The summed E-state index contributed by atoms with van der Waals surface area (Å²) in [4.78, 5) is 31.6. The summed E-state index contributed by atoms with van der Waals surface area (Å²) in [6.45, 7) is 5.91. The maximum atomic E-state index is 12.7. The number of hydrogen-bond donors (Lipinski definition) is 0. The number of carbonyl (C=O) groups excluding carboxylic acids is 1. The quantitative estimate of drug-likeness (QED) is 0.634. The van der Waals surface area contributed by atoms with E-state index >= 15 is 0 Å². The van der Waals surface area contributed by atoms with Crippen LogP contribution in [-0.2, 0) is 0 Å². The van der Waals surface area contributed by atoms with Crippen molar-refractivity contribution < 1.29 is 9.72 Å². The van der Waals surface area contributed by atoms with Gasteiger partial charge in [-0.25, -0.2) is 0 Å². The number of para-hydroxylation sites is 2. The van der Waals surface area contributed by atoms with Crippen molar-refractivity contribution in [3.8, 4) is 0 Å². The highest BCUT2D eigenvalue weighted by molar-refractivity contribution is 5.95.